The van der Waals surface area contributed by atoms with Gasteiger partial charge in [-0.15, -0.1) is 11.3 Å². The number of para-hydroxylation sites is 1. The summed E-state index contributed by atoms with van der Waals surface area (Å²) in [7, 11) is 0. The number of fused-ring (bicyclic) bond motifs is 9. The number of rotatable bonds is 5. The van der Waals surface area contributed by atoms with Gasteiger partial charge in [0.05, 0.1) is 5.92 Å². The first-order valence-corrected chi connectivity index (χ1v) is 20.0. The Morgan fingerprint density at radius 1 is 0.491 bits per heavy atom. The molecule has 10 aromatic rings. The smallest absolute Gasteiger partial charge is 0.164 e. The van der Waals surface area contributed by atoms with Crippen LogP contribution in [0, 0.1) is 0 Å². The Labute approximate surface area is 331 Å². The molecule has 4 heterocycles. The number of nitrogens with zero attached hydrogens (tertiary/aromatic N) is 3. The molecule has 0 bridgehead atoms. The standard InChI is InChI=1S/C51H31N3O2S/c1-2-11-30(12-3-1)31-13-8-14-33(27-31)49-52-50(34-23-25-37-36-15-4-6-20-42(36)56-45(37)29-34)54-51(53-49)40-19-10-21-44-47(40)41-28-32(24-26-43(41)55-44)35-17-9-18-39-38-16-5-7-22-46(38)57-48(35)39/h1-29,44,47H. The van der Waals surface area contributed by atoms with Crippen LogP contribution < -0.4 is 4.74 Å². The van der Waals surface area contributed by atoms with Crippen molar-refractivity contribution in [1.82, 2.24) is 15.0 Å². The minimum atomic E-state index is -0.188. The number of benzene rings is 7. The maximum absolute atomic E-state index is 6.65. The summed E-state index contributed by atoms with van der Waals surface area (Å²) in [6, 6.07) is 55.1. The predicted molar refractivity (Wildman–Crippen MR) is 232 cm³/mol. The molecule has 3 aromatic heterocycles. The highest BCUT2D eigenvalue weighted by Crippen LogP contribution is 2.50. The summed E-state index contributed by atoms with van der Waals surface area (Å²) in [5.41, 5.74) is 10.2. The van der Waals surface area contributed by atoms with E-state index in [2.05, 4.69) is 146 Å². The largest absolute Gasteiger partial charge is 0.485 e. The minimum Gasteiger partial charge on any atom is -0.485 e. The molecule has 2 unspecified atom stereocenters. The number of thiophene rings is 1. The van der Waals surface area contributed by atoms with Gasteiger partial charge in [0, 0.05) is 53.2 Å². The number of hydrogen-bond acceptors (Lipinski definition) is 6. The Balaban J connectivity index is 1.01. The fourth-order valence-corrected chi connectivity index (χ4v) is 9.85. The van der Waals surface area contributed by atoms with Gasteiger partial charge in [-0.05, 0) is 70.8 Å². The molecule has 0 saturated carbocycles. The molecule has 0 fully saturated rings. The summed E-state index contributed by atoms with van der Waals surface area (Å²) >= 11 is 1.85. The van der Waals surface area contributed by atoms with Crippen molar-refractivity contribution in [2.75, 3.05) is 0 Å². The first kappa shape index (κ1) is 32.1. The van der Waals surface area contributed by atoms with Gasteiger partial charge in [-0.1, -0.05) is 127 Å². The van der Waals surface area contributed by atoms with E-state index < -0.39 is 0 Å². The van der Waals surface area contributed by atoms with Gasteiger partial charge in [-0.3, -0.25) is 0 Å². The van der Waals surface area contributed by atoms with Gasteiger partial charge in [0.2, 0.25) is 0 Å². The van der Waals surface area contributed by atoms with Crippen LogP contribution in [0.5, 0.6) is 5.75 Å². The normalized spacial score (nSPS) is 15.9. The molecule has 1 aliphatic heterocycles. The van der Waals surface area contributed by atoms with E-state index in [1.54, 1.807) is 0 Å². The highest BCUT2D eigenvalue weighted by Gasteiger charge is 2.39. The van der Waals surface area contributed by atoms with Crippen molar-refractivity contribution in [3.8, 4) is 50.8 Å². The Hall–Kier alpha value is -7.15. The summed E-state index contributed by atoms with van der Waals surface area (Å²) in [5.74, 6) is 2.59. The van der Waals surface area contributed by atoms with Crippen LogP contribution >= 0.6 is 11.3 Å². The molecule has 12 rings (SSSR count). The first-order valence-electron chi connectivity index (χ1n) is 19.2. The number of furan rings is 1. The fraction of sp³-hybridized carbons (Fsp3) is 0.0392. The van der Waals surface area contributed by atoms with E-state index in [4.69, 9.17) is 24.1 Å². The van der Waals surface area contributed by atoms with E-state index in [1.165, 1.54) is 25.7 Å². The fourth-order valence-electron chi connectivity index (χ4n) is 8.61. The number of allylic oxidation sites excluding steroid dienone is 2. The molecular weight excluding hydrogens is 719 g/mol. The highest BCUT2D eigenvalue weighted by molar-refractivity contribution is 7.26. The van der Waals surface area contributed by atoms with Crippen molar-refractivity contribution in [1.29, 1.82) is 0 Å². The Morgan fingerprint density at radius 3 is 2.11 bits per heavy atom. The third kappa shape index (κ3) is 5.25. The molecule has 2 aliphatic rings. The van der Waals surface area contributed by atoms with E-state index in [0.29, 0.717) is 17.5 Å². The van der Waals surface area contributed by atoms with E-state index in [0.717, 1.165) is 66.6 Å². The first-order chi connectivity index (χ1) is 28.2. The van der Waals surface area contributed by atoms with Crippen LogP contribution in [0.25, 0.3) is 92.7 Å². The number of hydrogen-bond donors (Lipinski definition) is 0. The number of aromatic nitrogens is 3. The van der Waals surface area contributed by atoms with Crippen molar-refractivity contribution >= 4 is 59.0 Å². The molecule has 5 nitrogen and oxygen atoms in total. The molecule has 1 aliphatic carbocycles. The van der Waals surface area contributed by atoms with Crippen LogP contribution in [0.1, 0.15) is 17.3 Å². The average Bonchev–Trinajstić information content (AvgIpc) is 3.97. The second-order valence-electron chi connectivity index (χ2n) is 14.7. The molecular formula is C51H31N3O2S. The van der Waals surface area contributed by atoms with Gasteiger partial charge >= 0.3 is 0 Å². The van der Waals surface area contributed by atoms with Crippen LogP contribution in [-0.4, -0.2) is 21.1 Å². The average molecular weight is 750 g/mol. The van der Waals surface area contributed by atoms with Crippen LogP contribution in [0.2, 0.25) is 0 Å². The van der Waals surface area contributed by atoms with Crippen molar-refractivity contribution in [2.24, 2.45) is 0 Å². The summed E-state index contributed by atoms with van der Waals surface area (Å²) in [5, 5.41) is 4.72. The minimum absolute atomic E-state index is 0.108. The third-order valence-electron chi connectivity index (χ3n) is 11.3. The lowest BCUT2D eigenvalue weighted by molar-refractivity contribution is 0.271. The van der Waals surface area contributed by atoms with Gasteiger partial charge < -0.3 is 9.15 Å². The predicted octanol–water partition coefficient (Wildman–Crippen LogP) is 13.3. The van der Waals surface area contributed by atoms with Gasteiger partial charge in [-0.2, -0.15) is 0 Å². The Morgan fingerprint density at radius 2 is 1.19 bits per heavy atom. The molecule has 6 heteroatoms. The molecule has 2 atom stereocenters. The summed E-state index contributed by atoms with van der Waals surface area (Å²) in [4.78, 5) is 15.7. The van der Waals surface area contributed by atoms with Gasteiger partial charge in [-0.25, -0.2) is 15.0 Å². The van der Waals surface area contributed by atoms with Gasteiger partial charge in [0.25, 0.3) is 0 Å². The van der Waals surface area contributed by atoms with Crippen molar-refractivity contribution in [3.05, 3.63) is 187 Å². The second kappa shape index (κ2) is 12.7. The van der Waals surface area contributed by atoms with Crippen molar-refractivity contribution in [2.45, 2.75) is 12.0 Å². The van der Waals surface area contributed by atoms with Gasteiger partial charge in [0.1, 0.15) is 23.0 Å². The van der Waals surface area contributed by atoms with E-state index in [9.17, 15) is 0 Å². The zero-order valence-electron chi connectivity index (χ0n) is 30.5. The summed E-state index contributed by atoms with van der Waals surface area (Å²) < 4.78 is 15.6. The molecule has 57 heavy (non-hydrogen) atoms. The monoisotopic (exact) mass is 749 g/mol. The highest BCUT2D eigenvalue weighted by atomic mass is 32.1. The van der Waals surface area contributed by atoms with Crippen LogP contribution in [-0.2, 0) is 0 Å². The summed E-state index contributed by atoms with van der Waals surface area (Å²) in [6.07, 6.45) is 6.17. The molecule has 0 radical (unpaired) electrons. The molecule has 7 aromatic carbocycles. The molecule has 0 amide bonds. The quantitative estimate of drug-likeness (QED) is 0.175. The lowest BCUT2D eigenvalue weighted by Crippen LogP contribution is -2.20. The van der Waals surface area contributed by atoms with Crippen molar-refractivity contribution < 1.29 is 9.15 Å². The molecule has 268 valence electrons. The maximum Gasteiger partial charge on any atom is 0.164 e. The van der Waals surface area contributed by atoms with E-state index >= 15 is 0 Å². The van der Waals surface area contributed by atoms with E-state index in [1.807, 2.05) is 41.7 Å². The van der Waals surface area contributed by atoms with Crippen LogP contribution in [0.4, 0.5) is 0 Å². The second-order valence-corrected chi connectivity index (χ2v) is 15.7. The zero-order valence-corrected chi connectivity index (χ0v) is 31.3. The van der Waals surface area contributed by atoms with E-state index in [-0.39, 0.29) is 12.0 Å². The topological polar surface area (TPSA) is 61.0 Å². The Bertz CT molecular complexity index is 3300. The zero-order chi connectivity index (χ0) is 37.5. The lowest BCUT2D eigenvalue weighted by atomic mass is 9.83. The number of ether oxygens (including phenoxy) is 1. The van der Waals surface area contributed by atoms with Crippen molar-refractivity contribution in [3.63, 3.8) is 0 Å². The van der Waals surface area contributed by atoms with Crippen LogP contribution in [0.3, 0.4) is 0 Å². The third-order valence-corrected chi connectivity index (χ3v) is 12.5. The molecule has 0 saturated heterocycles. The molecule has 0 spiro atoms. The summed E-state index contributed by atoms with van der Waals surface area (Å²) in [6.45, 7) is 0. The van der Waals surface area contributed by atoms with Gasteiger partial charge in [0.15, 0.2) is 17.5 Å². The SMILES string of the molecule is C1=CC2Oc3ccc(-c4cccc5c4sc4ccccc45)cc3C2C(c2nc(-c3cccc(-c4ccccc4)c3)nc(-c3ccc4c(c3)oc3ccccc34)n2)=C1. The Kier molecular flexibility index (Phi) is 7.16. The lowest BCUT2D eigenvalue weighted by Gasteiger charge is -2.22. The maximum atomic E-state index is 6.65. The van der Waals surface area contributed by atoms with Crippen LogP contribution in [0.15, 0.2) is 180 Å². The molecule has 0 N–H and O–H groups in total.